The summed E-state index contributed by atoms with van der Waals surface area (Å²) < 4.78 is 15.3. The Morgan fingerprint density at radius 3 is 3.00 bits per heavy atom. The second kappa shape index (κ2) is 7.56. The van der Waals surface area contributed by atoms with E-state index in [4.69, 9.17) is 19.3 Å². The quantitative estimate of drug-likeness (QED) is 0.594. The normalized spacial score (nSPS) is 22.2. The first kappa shape index (κ1) is 13.4. The molecule has 6 heteroatoms. The lowest BCUT2D eigenvalue weighted by Gasteiger charge is -2.30. The molecule has 1 aliphatic rings. The molecule has 0 aromatic rings. The fourth-order valence-electron chi connectivity index (χ4n) is 1.49. The van der Waals surface area contributed by atoms with Crippen molar-refractivity contribution < 1.29 is 24.1 Å². The van der Waals surface area contributed by atoms with Crippen LogP contribution in [0.2, 0.25) is 0 Å². The zero-order valence-corrected chi connectivity index (χ0v) is 9.55. The Morgan fingerprint density at radius 1 is 1.50 bits per heavy atom. The number of nitrogens with zero attached hydrogens (tertiary/aromatic N) is 1. The van der Waals surface area contributed by atoms with E-state index in [-0.39, 0.29) is 0 Å². The first-order valence-corrected chi connectivity index (χ1v) is 5.37. The van der Waals surface area contributed by atoms with Crippen LogP contribution in [0.3, 0.4) is 0 Å². The summed E-state index contributed by atoms with van der Waals surface area (Å²) in [6.45, 7) is 4.14. The Morgan fingerprint density at radius 2 is 2.31 bits per heavy atom. The van der Waals surface area contributed by atoms with Crippen molar-refractivity contribution in [2.75, 3.05) is 53.2 Å². The summed E-state index contributed by atoms with van der Waals surface area (Å²) in [5.74, 6) is -0.898. The Hall–Kier alpha value is -0.690. The first-order chi connectivity index (χ1) is 7.74. The van der Waals surface area contributed by atoms with Gasteiger partial charge in [-0.3, -0.25) is 4.90 Å². The van der Waals surface area contributed by atoms with Crippen molar-refractivity contribution in [1.29, 1.82) is 0 Å². The standard InChI is InChI=1S/C10H19NO5/c1-14-6-7-15-4-2-11-3-5-16-9(8-11)10(12)13/h9H,2-8H2,1H3,(H,12,13). The van der Waals surface area contributed by atoms with E-state index in [0.29, 0.717) is 33.0 Å². The van der Waals surface area contributed by atoms with Gasteiger partial charge in [-0.2, -0.15) is 0 Å². The van der Waals surface area contributed by atoms with Gasteiger partial charge in [0.15, 0.2) is 6.10 Å². The maximum absolute atomic E-state index is 10.7. The molecule has 1 unspecified atom stereocenters. The average Bonchev–Trinajstić information content (AvgIpc) is 2.29. The molecule has 0 amide bonds. The number of carboxylic acids is 1. The molecule has 94 valence electrons. The summed E-state index contributed by atoms with van der Waals surface area (Å²) in [6.07, 6.45) is -0.701. The SMILES string of the molecule is COCCOCCN1CCOC(C(=O)O)C1. The van der Waals surface area contributed by atoms with Crippen LogP contribution in [0.5, 0.6) is 0 Å². The highest BCUT2D eigenvalue weighted by molar-refractivity contribution is 5.72. The second-order valence-corrected chi connectivity index (χ2v) is 3.60. The minimum Gasteiger partial charge on any atom is -0.479 e. The molecule has 0 aromatic heterocycles. The molecule has 1 aliphatic heterocycles. The predicted molar refractivity (Wildman–Crippen MR) is 56.5 cm³/mol. The summed E-state index contributed by atoms with van der Waals surface area (Å²) in [4.78, 5) is 12.8. The highest BCUT2D eigenvalue weighted by Gasteiger charge is 2.25. The highest BCUT2D eigenvalue weighted by atomic mass is 16.5. The zero-order valence-electron chi connectivity index (χ0n) is 9.55. The minimum absolute atomic E-state index is 0.434. The van der Waals surface area contributed by atoms with Gasteiger partial charge in [-0.05, 0) is 0 Å². The Kier molecular flexibility index (Phi) is 6.32. The van der Waals surface area contributed by atoms with E-state index in [1.54, 1.807) is 7.11 Å². The summed E-state index contributed by atoms with van der Waals surface area (Å²) in [6, 6.07) is 0. The Bertz CT molecular complexity index is 211. The van der Waals surface area contributed by atoms with Gasteiger partial charge in [0.2, 0.25) is 0 Å². The third-order valence-corrected chi connectivity index (χ3v) is 2.41. The van der Waals surface area contributed by atoms with Crippen LogP contribution in [0.4, 0.5) is 0 Å². The van der Waals surface area contributed by atoms with Gasteiger partial charge in [-0.15, -0.1) is 0 Å². The molecule has 0 radical (unpaired) electrons. The number of rotatable bonds is 7. The van der Waals surface area contributed by atoms with Gasteiger partial charge in [-0.1, -0.05) is 0 Å². The summed E-state index contributed by atoms with van der Waals surface area (Å²) in [5.41, 5.74) is 0. The van der Waals surface area contributed by atoms with Crippen molar-refractivity contribution in [1.82, 2.24) is 4.90 Å². The zero-order chi connectivity index (χ0) is 11.8. The van der Waals surface area contributed by atoms with Crippen molar-refractivity contribution in [3.63, 3.8) is 0 Å². The molecule has 1 N–H and O–H groups in total. The van der Waals surface area contributed by atoms with Crippen LogP contribution in [0, 0.1) is 0 Å². The van der Waals surface area contributed by atoms with Crippen LogP contribution in [-0.2, 0) is 19.0 Å². The minimum atomic E-state index is -0.898. The molecule has 0 aromatic carbocycles. The molecule has 0 aliphatic carbocycles. The lowest BCUT2D eigenvalue weighted by molar-refractivity contribution is -0.156. The number of morpholine rings is 1. The topological polar surface area (TPSA) is 68.2 Å². The molecule has 1 fully saturated rings. The van der Waals surface area contributed by atoms with Gasteiger partial charge in [-0.25, -0.2) is 4.79 Å². The molecule has 6 nitrogen and oxygen atoms in total. The fourth-order valence-corrected chi connectivity index (χ4v) is 1.49. The Balaban J connectivity index is 2.10. The van der Waals surface area contributed by atoms with Gasteiger partial charge in [0.05, 0.1) is 26.4 Å². The van der Waals surface area contributed by atoms with E-state index in [9.17, 15) is 4.79 Å². The molecule has 0 spiro atoms. The van der Waals surface area contributed by atoms with Gasteiger partial charge in [0.1, 0.15) is 0 Å². The highest BCUT2D eigenvalue weighted by Crippen LogP contribution is 2.04. The van der Waals surface area contributed by atoms with Gasteiger partial charge in [0, 0.05) is 26.7 Å². The lowest BCUT2D eigenvalue weighted by Crippen LogP contribution is -2.47. The van der Waals surface area contributed by atoms with Crippen LogP contribution >= 0.6 is 0 Å². The molecular formula is C10H19NO5. The molecular weight excluding hydrogens is 214 g/mol. The summed E-state index contributed by atoms with van der Waals surface area (Å²) >= 11 is 0. The van der Waals surface area contributed by atoms with E-state index in [1.165, 1.54) is 0 Å². The summed E-state index contributed by atoms with van der Waals surface area (Å²) in [5, 5.41) is 8.80. The molecule has 1 atom stereocenters. The third-order valence-electron chi connectivity index (χ3n) is 2.41. The van der Waals surface area contributed by atoms with Crippen LogP contribution in [-0.4, -0.2) is 75.3 Å². The smallest absolute Gasteiger partial charge is 0.334 e. The Labute approximate surface area is 95.1 Å². The van der Waals surface area contributed by atoms with Crippen LogP contribution in [0.15, 0.2) is 0 Å². The van der Waals surface area contributed by atoms with Crippen LogP contribution in [0.1, 0.15) is 0 Å². The molecule has 1 heterocycles. The number of methoxy groups -OCH3 is 1. The molecule has 0 bridgehead atoms. The van der Waals surface area contributed by atoms with Gasteiger partial charge in [0.25, 0.3) is 0 Å². The van der Waals surface area contributed by atoms with Gasteiger partial charge < -0.3 is 19.3 Å². The number of ether oxygens (including phenoxy) is 3. The lowest BCUT2D eigenvalue weighted by atomic mass is 10.3. The molecule has 1 rings (SSSR count). The number of aliphatic carboxylic acids is 1. The van der Waals surface area contributed by atoms with E-state index >= 15 is 0 Å². The van der Waals surface area contributed by atoms with E-state index < -0.39 is 12.1 Å². The number of carbonyl (C=O) groups is 1. The van der Waals surface area contributed by atoms with E-state index in [0.717, 1.165) is 13.1 Å². The fraction of sp³-hybridized carbons (Fsp3) is 0.900. The third kappa shape index (κ3) is 4.89. The van der Waals surface area contributed by atoms with E-state index in [1.807, 2.05) is 4.90 Å². The monoisotopic (exact) mass is 233 g/mol. The van der Waals surface area contributed by atoms with Crippen LogP contribution in [0.25, 0.3) is 0 Å². The number of hydrogen-bond donors (Lipinski definition) is 1. The number of carboxylic acid groups (broad SMARTS) is 1. The molecule has 1 saturated heterocycles. The maximum atomic E-state index is 10.7. The number of hydrogen-bond acceptors (Lipinski definition) is 5. The van der Waals surface area contributed by atoms with Crippen molar-refractivity contribution in [2.45, 2.75) is 6.10 Å². The summed E-state index contributed by atoms with van der Waals surface area (Å²) in [7, 11) is 1.63. The van der Waals surface area contributed by atoms with Crippen molar-refractivity contribution in [3.05, 3.63) is 0 Å². The van der Waals surface area contributed by atoms with Crippen molar-refractivity contribution in [3.8, 4) is 0 Å². The van der Waals surface area contributed by atoms with Crippen molar-refractivity contribution in [2.24, 2.45) is 0 Å². The maximum Gasteiger partial charge on any atom is 0.334 e. The van der Waals surface area contributed by atoms with Crippen molar-refractivity contribution >= 4 is 5.97 Å². The van der Waals surface area contributed by atoms with Crippen LogP contribution < -0.4 is 0 Å². The van der Waals surface area contributed by atoms with Gasteiger partial charge >= 0.3 is 5.97 Å². The van der Waals surface area contributed by atoms with E-state index in [2.05, 4.69) is 0 Å². The first-order valence-electron chi connectivity index (χ1n) is 5.37. The molecule has 16 heavy (non-hydrogen) atoms. The molecule has 0 saturated carbocycles. The predicted octanol–water partition coefficient (Wildman–Crippen LogP) is -0.565. The second-order valence-electron chi connectivity index (χ2n) is 3.60. The largest absolute Gasteiger partial charge is 0.479 e. The average molecular weight is 233 g/mol.